The van der Waals surface area contributed by atoms with Crippen LogP contribution in [0.15, 0.2) is 22.4 Å². The smallest absolute Gasteiger partial charge is 0.348 e. The molecule has 0 radical (unpaired) electrons. The molecular weight excluding hydrogens is 300 g/mol. The van der Waals surface area contributed by atoms with Crippen molar-refractivity contribution in [3.8, 4) is 5.75 Å². The number of methoxy groups -OCH3 is 1. The summed E-state index contributed by atoms with van der Waals surface area (Å²) in [4.78, 5) is 12.2. The van der Waals surface area contributed by atoms with Crippen LogP contribution in [0.4, 0.5) is 0 Å². The molecule has 0 fully saturated rings. The van der Waals surface area contributed by atoms with Crippen molar-refractivity contribution < 1.29 is 22.7 Å². The number of hydrogen-bond acceptors (Lipinski definition) is 6. The Hall–Kier alpha value is -1.60. The normalized spacial score (nSPS) is 11.6. The number of carbonyl (C=O) groups is 1. The molecule has 0 unspecified atom stereocenters. The van der Waals surface area contributed by atoms with Gasteiger partial charge in [0.05, 0.1) is 19.1 Å². The first-order valence-corrected chi connectivity index (χ1v) is 8.57. The molecule has 2 rings (SSSR count). The zero-order valence-electron chi connectivity index (χ0n) is 11.3. The van der Waals surface area contributed by atoms with Gasteiger partial charge < -0.3 is 9.47 Å². The van der Waals surface area contributed by atoms with Crippen LogP contribution in [-0.4, -0.2) is 34.4 Å². The lowest BCUT2D eigenvalue weighted by atomic mass is 10.1. The van der Waals surface area contributed by atoms with E-state index in [9.17, 15) is 13.2 Å². The van der Waals surface area contributed by atoms with Gasteiger partial charge in [0.1, 0.15) is 14.8 Å². The summed E-state index contributed by atoms with van der Waals surface area (Å²) in [6, 6.07) is 5.07. The summed E-state index contributed by atoms with van der Waals surface area (Å²) in [5, 5.41) is 0.971. The van der Waals surface area contributed by atoms with Gasteiger partial charge in [-0.05, 0) is 13.0 Å². The van der Waals surface area contributed by atoms with Crippen LogP contribution < -0.4 is 4.74 Å². The molecule has 108 valence electrons. The summed E-state index contributed by atoms with van der Waals surface area (Å²) in [5.74, 6) is -0.0969. The molecule has 0 spiro atoms. The summed E-state index contributed by atoms with van der Waals surface area (Å²) >= 11 is 0.915. The Labute approximate surface area is 121 Å². The van der Waals surface area contributed by atoms with E-state index in [0.29, 0.717) is 16.5 Å². The molecule has 0 saturated heterocycles. The Kier molecular flexibility index (Phi) is 4.01. The third-order valence-electron chi connectivity index (χ3n) is 2.69. The Bertz CT molecular complexity index is 758. The summed E-state index contributed by atoms with van der Waals surface area (Å²) in [6.45, 7) is 1.93. The summed E-state index contributed by atoms with van der Waals surface area (Å²) < 4.78 is 34.1. The Morgan fingerprint density at radius 2 is 2.05 bits per heavy atom. The van der Waals surface area contributed by atoms with Gasteiger partial charge in [-0.3, -0.25) is 0 Å². The van der Waals surface area contributed by atoms with E-state index >= 15 is 0 Å². The van der Waals surface area contributed by atoms with E-state index in [-0.39, 0.29) is 15.7 Å². The van der Waals surface area contributed by atoms with Gasteiger partial charge in [-0.1, -0.05) is 12.1 Å². The highest BCUT2D eigenvalue weighted by molar-refractivity contribution is 7.93. The average Bonchev–Trinajstić information content (AvgIpc) is 2.78. The van der Waals surface area contributed by atoms with Crippen LogP contribution in [-0.2, 0) is 14.6 Å². The summed E-state index contributed by atoms with van der Waals surface area (Å²) in [7, 11) is -2.00. The van der Waals surface area contributed by atoms with Gasteiger partial charge in [0, 0.05) is 11.6 Å². The molecule has 2 aromatic rings. The average molecular weight is 314 g/mol. The van der Waals surface area contributed by atoms with Gasteiger partial charge in [0.15, 0.2) is 9.84 Å². The second-order valence-corrected chi connectivity index (χ2v) is 7.33. The van der Waals surface area contributed by atoms with Crippen LogP contribution in [0.3, 0.4) is 0 Å². The minimum absolute atomic E-state index is 0.119. The summed E-state index contributed by atoms with van der Waals surface area (Å²) in [5.41, 5.74) is 0. The first-order valence-electron chi connectivity index (χ1n) is 5.86. The number of sulfone groups is 1. The molecular formula is C13H14O5S2. The van der Waals surface area contributed by atoms with Crippen molar-refractivity contribution in [1.29, 1.82) is 0 Å². The number of rotatable bonds is 4. The number of carbonyl (C=O) groups excluding carboxylic acids is 1. The maximum Gasteiger partial charge on any atom is 0.348 e. The SMILES string of the molecule is CCOC(=O)c1sc(S(C)(=O)=O)c2c(OC)cccc12. The Balaban J connectivity index is 2.83. The molecule has 1 aromatic heterocycles. The highest BCUT2D eigenvalue weighted by Crippen LogP contribution is 2.40. The quantitative estimate of drug-likeness (QED) is 0.811. The van der Waals surface area contributed by atoms with Crippen LogP contribution in [0.5, 0.6) is 5.75 Å². The molecule has 1 aromatic carbocycles. The Morgan fingerprint density at radius 1 is 1.35 bits per heavy atom. The fourth-order valence-electron chi connectivity index (χ4n) is 1.91. The molecule has 0 saturated carbocycles. The van der Waals surface area contributed by atoms with Gasteiger partial charge in [-0.2, -0.15) is 0 Å². The van der Waals surface area contributed by atoms with Crippen molar-refractivity contribution in [2.45, 2.75) is 11.1 Å². The molecule has 0 amide bonds. The lowest BCUT2D eigenvalue weighted by molar-refractivity contribution is 0.0534. The van der Waals surface area contributed by atoms with Crippen LogP contribution in [0.1, 0.15) is 16.6 Å². The lowest BCUT2D eigenvalue weighted by Crippen LogP contribution is -2.02. The standard InChI is InChI=1S/C13H14O5S2/c1-4-18-12(14)11-8-6-5-7-9(17-2)10(8)13(19-11)20(3,15)16/h5-7H,4H2,1-3H3. The van der Waals surface area contributed by atoms with Crippen molar-refractivity contribution in [2.24, 2.45) is 0 Å². The zero-order valence-corrected chi connectivity index (χ0v) is 12.9. The van der Waals surface area contributed by atoms with Gasteiger partial charge in [0.2, 0.25) is 0 Å². The predicted molar refractivity (Wildman–Crippen MR) is 77.4 cm³/mol. The predicted octanol–water partition coefficient (Wildman–Crippen LogP) is 2.49. The largest absolute Gasteiger partial charge is 0.496 e. The highest BCUT2D eigenvalue weighted by Gasteiger charge is 2.25. The highest BCUT2D eigenvalue weighted by atomic mass is 32.2. The van der Waals surface area contributed by atoms with Crippen molar-refractivity contribution in [3.05, 3.63) is 23.1 Å². The molecule has 1 heterocycles. The second-order valence-electron chi connectivity index (χ2n) is 4.09. The third kappa shape index (κ3) is 2.51. The number of fused-ring (bicyclic) bond motifs is 1. The van der Waals surface area contributed by atoms with Crippen molar-refractivity contribution >= 4 is 37.9 Å². The first-order chi connectivity index (χ1) is 9.40. The van der Waals surface area contributed by atoms with E-state index in [1.807, 2.05) is 0 Å². The molecule has 0 aliphatic carbocycles. The van der Waals surface area contributed by atoms with E-state index in [1.54, 1.807) is 25.1 Å². The molecule has 0 atom stereocenters. The van der Waals surface area contributed by atoms with Gasteiger partial charge >= 0.3 is 5.97 Å². The maximum absolute atomic E-state index is 12.0. The fraction of sp³-hybridized carbons (Fsp3) is 0.308. The van der Waals surface area contributed by atoms with Crippen LogP contribution in [0.2, 0.25) is 0 Å². The van der Waals surface area contributed by atoms with E-state index in [4.69, 9.17) is 9.47 Å². The van der Waals surface area contributed by atoms with Crippen LogP contribution in [0.25, 0.3) is 10.8 Å². The van der Waals surface area contributed by atoms with E-state index < -0.39 is 15.8 Å². The number of benzene rings is 1. The van der Waals surface area contributed by atoms with Crippen molar-refractivity contribution in [3.63, 3.8) is 0 Å². The molecule has 7 heteroatoms. The maximum atomic E-state index is 12.0. The minimum atomic E-state index is -3.46. The molecule has 0 bridgehead atoms. The van der Waals surface area contributed by atoms with Gasteiger partial charge in [-0.25, -0.2) is 13.2 Å². The Morgan fingerprint density at radius 3 is 2.60 bits per heavy atom. The van der Waals surface area contributed by atoms with Gasteiger partial charge in [0.25, 0.3) is 0 Å². The first kappa shape index (κ1) is 14.8. The monoisotopic (exact) mass is 314 g/mol. The third-order valence-corrected chi connectivity index (χ3v) is 5.70. The minimum Gasteiger partial charge on any atom is -0.496 e. The number of hydrogen-bond donors (Lipinski definition) is 0. The number of esters is 1. The van der Waals surface area contributed by atoms with Crippen molar-refractivity contribution in [2.75, 3.05) is 20.0 Å². The fourth-order valence-corrected chi connectivity index (χ4v) is 4.27. The summed E-state index contributed by atoms with van der Waals surface area (Å²) in [6.07, 6.45) is 1.11. The van der Waals surface area contributed by atoms with E-state index in [1.165, 1.54) is 7.11 Å². The van der Waals surface area contributed by atoms with Gasteiger partial charge in [-0.15, -0.1) is 11.3 Å². The lowest BCUT2D eigenvalue weighted by Gasteiger charge is -2.03. The van der Waals surface area contributed by atoms with Crippen LogP contribution >= 0.6 is 11.3 Å². The number of ether oxygens (including phenoxy) is 2. The molecule has 0 N–H and O–H groups in total. The van der Waals surface area contributed by atoms with E-state index in [0.717, 1.165) is 17.6 Å². The van der Waals surface area contributed by atoms with Crippen molar-refractivity contribution in [1.82, 2.24) is 0 Å². The molecule has 5 nitrogen and oxygen atoms in total. The van der Waals surface area contributed by atoms with E-state index in [2.05, 4.69) is 0 Å². The topological polar surface area (TPSA) is 69.7 Å². The molecule has 20 heavy (non-hydrogen) atoms. The van der Waals surface area contributed by atoms with Crippen LogP contribution in [0, 0.1) is 0 Å². The second kappa shape index (κ2) is 5.41. The molecule has 0 aliphatic heterocycles. The number of thiophene rings is 1. The molecule has 0 aliphatic rings. The zero-order chi connectivity index (χ0) is 14.9.